The Balaban J connectivity index is 1.71. The van der Waals surface area contributed by atoms with Gasteiger partial charge < -0.3 is 5.32 Å². The van der Waals surface area contributed by atoms with E-state index >= 15 is 0 Å². The molecule has 1 aliphatic rings. The van der Waals surface area contributed by atoms with Crippen molar-refractivity contribution < 1.29 is 4.79 Å². The predicted octanol–water partition coefficient (Wildman–Crippen LogP) is 4.15. The summed E-state index contributed by atoms with van der Waals surface area (Å²) in [7, 11) is 0. The van der Waals surface area contributed by atoms with Gasteiger partial charge >= 0.3 is 0 Å². The number of nitrogens with one attached hydrogen (secondary N) is 1. The van der Waals surface area contributed by atoms with Crippen molar-refractivity contribution in [2.45, 2.75) is 76.9 Å². The van der Waals surface area contributed by atoms with Crippen molar-refractivity contribution in [1.29, 1.82) is 0 Å². The van der Waals surface area contributed by atoms with Gasteiger partial charge in [0.1, 0.15) is 4.83 Å². The van der Waals surface area contributed by atoms with Gasteiger partial charge in [0, 0.05) is 18.0 Å². The Hall–Kier alpha value is -1.34. The molecule has 0 aliphatic heterocycles. The summed E-state index contributed by atoms with van der Waals surface area (Å²) in [5, 5.41) is 4.48. The van der Waals surface area contributed by atoms with Crippen LogP contribution < -0.4 is 10.9 Å². The molecule has 148 valence electrons. The largest absolute Gasteiger partial charge is 0.355 e. The first-order valence-corrected chi connectivity index (χ1v) is 11.9. The molecule has 5 nitrogen and oxygen atoms in total. The van der Waals surface area contributed by atoms with Crippen LogP contribution in [0, 0.1) is 0 Å². The summed E-state index contributed by atoms with van der Waals surface area (Å²) < 4.78 is 1.77. The van der Waals surface area contributed by atoms with Crippen LogP contribution in [0.4, 0.5) is 0 Å². The fourth-order valence-electron chi connectivity index (χ4n) is 3.55. The fraction of sp³-hybridized carbons (Fsp3) is 0.650. The van der Waals surface area contributed by atoms with Gasteiger partial charge in [0.15, 0.2) is 5.16 Å². The lowest BCUT2D eigenvalue weighted by Crippen LogP contribution is -2.27. The van der Waals surface area contributed by atoms with Crippen molar-refractivity contribution in [3.63, 3.8) is 0 Å². The third-order valence-electron chi connectivity index (χ3n) is 4.92. The van der Waals surface area contributed by atoms with Crippen molar-refractivity contribution in [3.8, 4) is 0 Å². The minimum absolute atomic E-state index is 0.0163. The molecule has 2 aromatic rings. The van der Waals surface area contributed by atoms with Crippen LogP contribution in [0.5, 0.6) is 0 Å². The van der Waals surface area contributed by atoms with E-state index in [0.29, 0.717) is 17.5 Å². The van der Waals surface area contributed by atoms with Gasteiger partial charge in [0.05, 0.1) is 11.1 Å². The van der Waals surface area contributed by atoms with E-state index in [9.17, 15) is 9.59 Å². The van der Waals surface area contributed by atoms with Crippen molar-refractivity contribution in [1.82, 2.24) is 14.9 Å². The van der Waals surface area contributed by atoms with E-state index in [4.69, 9.17) is 4.98 Å². The number of unbranched alkanes of at least 4 members (excludes halogenated alkanes) is 3. The second-order valence-corrected chi connectivity index (χ2v) is 9.11. The van der Waals surface area contributed by atoms with E-state index in [-0.39, 0.29) is 11.5 Å². The Morgan fingerprint density at radius 3 is 2.85 bits per heavy atom. The molecule has 27 heavy (non-hydrogen) atoms. The van der Waals surface area contributed by atoms with Gasteiger partial charge in [-0.15, -0.1) is 11.3 Å². The average molecular weight is 408 g/mol. The summed E-state index contributed by atoms with van der Waals surface area (Å²) in [4.78, 5) is 32.2. The average Bonchev–Trinajstić information content (AvgIpc) is 3.23. The zero-order valence-corrected chi connectivity index (χ0v) is 17.9. The SMILES string of the molecule is CCCCCCNC(=O)CSc1nc2sc3c(c2c(=O)n1CCC)CCC3. The minimum atomic E-state index is 0.0163. The molecule has 0 saturated heterocycles. The zero-order valence-electron chi connectivity index (χ0n) is 16.3. The Bertz CT molecular complexity index is 857. The Labute approximate surface area is 169 Å². The first-order chi connectivity index (χ1) is 13.2. The fourth-order valence-corrected chi connectivity index (χ4v) is 5.71. The number of carbonyl (C=O) groups is 1. The molecular formula is C20H29N3O2S2. The van der Waals surface area contributed by atoms with Gasteiger partial charge in [-0.3, -0.25) is 14.2 Å². The normalized spacial score (nSPS) is 13.3. The highest BCUT2D eigenvalue weighted by Gasteiger charge is 2.23. The monoisotopic (exact) mass is 407 g/mol. The summed E-state index contributed by atoms with van der Waals surface area (Å²) in [5.74, 6) is 0.322. The number of aromatic nitrogens is 2. The molecular weight excluding hydrogens is 378 g/mol. The second kappa shape index (κ2) is 9.73. The maximum absolute atomic E-state index is 13.1. The molecule has 1 aliphatic carbocycles. The molecule has 0 unspecified atom stereocenters. The number of fused-ring (bicyclic) bond motifs is 3. The number of hydrogen-bond acceptors (Lipinski definition) is 5. The number of aryl methyl sites for hydroxylation is 2. The van der Waals surface area contributed by atoms with E-state index in [1.165, 1.54) is 35.0 Å². The number of thioether (sulfide) groups is 1. The van der Waals surface area contributed by atoms with E-state index in [2.05, 4.69) is 19.2 Å². The molecule has 1 amide bonds. The van der Waals surface area contributed by atoms with Crippen LogP contribution in [0.2, 0.25) is 0 Å². The number of nitrogens with zero attached hydrogens (tertiary/aromatic N) is 2. The van der Waals surface area contributed by atoms with Crippen molar-refractivity contribution in [2.24, 2.45) is 0 Å². The lowest BCUT2D eigenvalue weighted by molar-refractivity contribution is -0.118. The van der Waals surface area contributed by atoms with Crippen LogP contribution in [0.15, 0.2) is 9.95 Å². The molecule has 0 aromatic carbocycles. The van der Waals surface area contributed by atoms with E-state index in [1.54, 1.807) is 15.9 Å². The van der Waals surface area contributed by atoms with Crippen LogP contribution in [0.3, 0.4) is 0 Å². The smallest absolute Gasteiger partial charge is 0.263 e. The van der Waals surface area contributed by atoms with Gasteiger partial charge in [-0.05, 0) is 37.7 Å². The van der Waals surface area contributed by atoms with Crippen LogP contribution >= 0.6 is 23.1 Å². The van der Waals surface area contributed by atoms with Crippen LogP contribution in [0.1, 0.15) is 62.8 Å². The van der Waals surface area contributed by atoms with E-state index in [0.717, 1.165) is 55.3 Å². The summed E-state index contributed by atoms with van der Waals surface area (Å²) in [5.41, 5.74) is 1.29. The molecule has 0 atom stereocenters. The standard InChI is InChI=1S/C20H29N3O2S2/c1-3-5-6-7-11-21-16(24)13-26-20-22-18-17(19(25)23(20)12-4-2)14-9-8-10-15(14)27-18/h3-13H2,1-2H3,(H,21,24). The number of thiophene rings is 1. The summed E-state index contributed by atoms with van der Waals surface area (Å²) >= 11 is 3.04. The quantitative estimate of drug-likeness (QED) is 0.365. The van der Waals surface area contributed by atoms with Crippen molar-refractivity contribution in [2.75, 3.05) is 12.3 Å². The first kappa shape index (κ1) is 20.4. The van der Waals surface area contributed by atoms with E-state index < -0.39 is 0 Å². The maximum Gasteiger partial charge on any atom is 0.263 e. The third-order valence-corrected chi connectivity index (χ3v) is 7.08. The molecule has 0 radical (unpaired) electrons. The molecule has 7 heteroatoms. The number of amides is 1. The Morgan fingerprint density at radius 1 is 1.22 bits per heavy atom. The number of carbonyl (C=O) groups excluding carboxylic acids is 1. The van der Waals surface area contributed by atoms with Crippen LogP contribution in [-0.2, 0) is 24.2 Å². The highest BCUT2D eigenvalue weighted by Crippen LogP contribution is 2.35. The molecule has 0 bridgehead atoms. The molecule has 2 aromatic heterocycles. The molecule has 0 spiro atoms. The molecule has 2 heterocycles. The van der Waals surface area contributed by atoms with Gasteiger partial charge in [0.2, 0.25) is 5.91 Å². The van der Waals surface area contributed by atoms with Gasteiger partial charge in [0.25, 0.3) is 5.56 Å². The third kappa shape index (κ3) is 4.74. The number of hydrogen-bond donors (Lipinski definition) is 1. The molecule has 3 rings (SSSR count). The highest BCUT2D eigenvalue weighted by atomic mass is 32.2. The molecule has 0 fully saturated rings. The zero-order chi connectivity index (χ0) is 19.2. The second-order valence-electron chi connectivity index (χ2n) is 7.09. The first-order valence-electron chi connectivity index (χ1n) is 10.1. The summed E-state index contributed by atoms with van der Waals surface area (Å²) in [6.45, 7) is 5.61. The topological polar surface area (TPSA) is 64.0 Å². The van der Waals surface area contributed by atoms with Crippen molar-refractivity contribution in [3.05, 3.63) is 20.8 Å². The van der Waals surface area contributed by atoms with Crippen LogP contribution in [-0.4, -0.2) is 27.8 Å². The maximum atomic E-state index is 13.1. The molecule has 0 saturated carbocycles. The Kier molecular flexibility index (Phi) is 7.35. The highest BCUT2D eigenvalue weighted by molar-refractivity contribution is 7.99. The van der Waals surface area contributed by atoms with Crippen molar-refractivity contribution >= 4 is 39.2 Å². The van der Waals surface area contributed by atoms with E-state index in [1.807, 2.05) is 0 Å². The van der Waals surface area contributed by atoms with Gasteiger partial charge in [-0.2, -0.15) is 0 Å². The predicted molar refractivity (Wildman–Crippen MR) is 114 cm³/mol. The lowest BCUT2D eigenvalue weighted by atomic mass is 10.2. The summed E-state index contributed by atoms with van der Waals surface area (Å²) in [6, 6.07) is 0. The summed E-state index contributed by atoms with van der Waals surface area (Å²) in [6.07, 6.45) is 8.65. The van der Waals surface area contributed by atoms with Crippen LogP contribution in [0.25, 0.3) is 10.2 Å². The number of rotatable bonds is 10. The van der Waals surface area contributed by atoms with Gasteiger partial charge in [-0.1, -0.05) is 44.9 Å². The minimum Gasteiger partial charge on any atom is -0.355 e. The molecule has 1 N–H and O–H groups in total. The lowest BCUT2D eigenvalue weighted by Gasteiger charge is -2.11. The Morgan fingerprint density at radius 2 is 2.07 bits per heavy atom. The van der Waals surface area contributed by atoms with Gasteiger partial charge in [-0.25, -0.2) is 4.98 Å².